The van der Waals surface area contributed by atoms with Crippen molar-refractivity contribution in [3.63, 3.8) is 0 Å². The van der Waals surface area contributed by atoms with Crippen LogP contribution in [-0.4, -0.2) is 59.9 Å². The Labute approximate surface area is 192 Å². The summed E-state index contributed by atoms with van der Waals surface area (Å²) in [6, 6.07) is 5.68. The van der Waals surface area contributed by atoms with E-state index in [4.69, 9.17) is 26.3 Å². The predicted molar refractivity (Wildman–Crippen MR) is 125 cm³/mol. The first kappa shape index (κ1) is 21.6. The number of rotatable bonds is 3. The number of morpholine rings is 1. The zero-order chi connectivity index (χ0) is 22.7. The maximum absolute atomic E-state index is 13.0. The second-order valence-electron chi connectivity index (χ2n) is 8.91. The molecule has 0 spiro atoms. The van der Waals surface area contributed by atoms with Gasteiger partial charge in [0.15, 0.2) is 15.7 Å². The van der Waals surface area contributed by atoms with E-state index >= 15 is 0 Å². The average Bonchev–Trinajstić information content (AvgIpc) is 3.25. The highest BCUT2D eigenvalue weighted by molar-refractivity contribution is 7.92. The molecule has 8 nitrogen and oxygen atoms in total. The molecule has 1 unspecified atom stereocenters. The van der Waals surface area contributed by atoms with Crippen molar-refractivity contribution >= 4 is 38.3 Å². The lowest BCUT2D eigenvalue weighted by atomic mass is 10.0. The van der Waals surface area contributed by atoms with Gasteiger partial charge in [0.1, 0.15) is 21.4 Å². The van der Waals surface area contributed by atoms with Gasteiger partial charge in [-0.25, -0.2) is 23.4 Å². The molecule has 2 fully saturated rings. The second-order valence-corrected chi connectivity index (χ2v) is 11.8. The molecule has 5 heterocycles. The van der Waals surface area contributed by atoms with Gasteiger partial charge in [-0.2, -0.15) is 0 Å². The molecule has 0 radical (unpaired) electrons. The van der Waals surface area contributed by atoms with Crippen molar-refractivity contribution in [2.45, 2.75) is 44.4 Å². The third-order valence-electron chi connectivity index (χ3n) is 6.61. The molecule has 32 heavy (non-hydrogen) atoms. The first-order valence-electron chi connectivity index (χ1n) is 10.8. The molecule has 5 rings (SSSR count). The molecule has 3 aromatic rings. The van der Waals surface area contributed by atoms with Crippen LogP contribution in [0, 0.1) is 6.92 Å². The minimum Gasteiger partial charge on any atom is -0.377 e. The normalized spacial score (nSPS) is 25.5. The van der Waals surface area contributed by atoms with E-state index in [2.05, 4.69) is 21.8 Å². The minimum atomic E-state index is -3.32. The highest BCUT2D eigenvalue weighted by Gasteiger charge is 2.47. The summed E-state index contributed by atoms with van der Waals surface area (Å²) >= 11 is 6.32. The van der Waals surface area contributed by atoms with Gasteiger partial charge in [0.2, 0.25) is 0 Å². The molecule has 2 atom stereocenters. The van der Waals surface area contributed by atoms with Gasteiger partial charge in [0.05, 0.1) is 30.7 Å². The lowest BCUT2D eigenvalue weighted by Gasteiger charge is -2.35. The molecular formula is C22H26ClN5O3S. The SMILES string of the molecule is Cc1cc2c(-c3nc(N4CCOC[C@H]4C)cc(C4(C)CCCS4(=O)=O)n3)cc(Cl)nc2[nH]1. The van der Waals surface area contributed by atoms with Gasteiger partial charge >= 0.3 is 0 Å². The van der Waals surface area contributed by atoms with Gasteiger partial charge in [0, 0.05) is 29.3 Å². The van der Waals surface area contributed by atoms with Crippen molar-refractivity contribution in [1.29, 1.82) is 0 Å². The number of sulfone groups is 1. The van der Waals surface area contributed by atoms with E-state index in [-0.39, 0.29) is 11.8 Å². The van der Waals surface area contributed by atoms with Crippen molar-refractivity contribution in [2.75, 3.05) is 30.4 Å². The number of pyridine rings is 1. The first-order chi connectivity index (χ1) is 15.2. The van der Waals surface area contributed by atoms with Crippen molar-refractivity contribution < 1.29 is 13.2 Å². The average molecular weight is 476 g/mol. The van der Waals surface area contributed by atoms with Crippen molar-refractivity contribution in [3.05, 3.63) is 34.7 Å². The molecule has 2 saturated heterocycles. The van der Waals surface area contributed by atoms with E-state index in [1.165, 1.54) is 0 Å². The van der Waals surface area contributed by atoms with Crippen LogP contribution < -0.4 is 4.90 Å². The minimum absolute atomic E-state index is 0.114. The Balaban J connectivity index is 1.76. The Morgan fingerprint density at radius 2 is 2.06 bits per heavy atom. The highest BCUT2D eigenvalue weighted by atomic mass is 35.5. The van der Waals surface area contributed by atoms with Gasteiger partial charge in [0.25, 0.3) is 0 Å². The Bertz CT molecular complexity index is 1310. The number of ether oxygens (including phenoxy) is 1. The van der Waals surface area contributed by atoms with Crippen LogP contribution >= 0.6 is 11.6 Å². The zero-order valence-electron chi connectivity index (χ0n) is 18.4. The standard InChI is InChI=1S/C22H26ClN5O3S/c1-13-9-15-16(10-18(23)26-20(15)24-13)21-25-17(22(3)5-4-8-32(22,29)30)11-19(27-21)28-6-7-31-12-14(28)2/h9-11,14H,4-8,12H2,1-3H3,(H,24,26)/t14-,22?/m1/s1. The summed E-state index contributed by atoms with van der Waals surface area (Å²) in [5.74, 6) is 1.33. The van der Waals surface area contributed by atoms with Crippen LogP contribution in [0.25, 0.3) is 22.4 Å². The summed E-state index contributed by atoms with van der Waals surface area (Å²) in [4.78, 5) is 19.5. The van der Waals surface area contributed by atoms with Crippen LogP contribution in [0.3, 0.4) is 0 Å². The number of hydrogen-bond donors (Lipinski definition) is 1. The number of hydrogen-bond acceptors (Lipinski definition) is 7. The third kappa shape index (κ3) is 3.47. The predicted octanol–water partition coefficient (Wildman–Crippen LogP) is 3.63. The van der Waals surface area contributed by atoms with Crippen molar-refractivity contribution in [1.82, 2.24) is 19.9 Å². The number of aromatic nitrogens is 4. The van der Waals surface area contributed by atoms with Crippen LogP contribution in [0.1, 0.15) is 38.1 Å². The summed E-state index contributed by atoms with van der Waals surface area (Å²) in [6.45, 7) is 7.67. The van der Waals surface area contributed by atoms with Crippen LogP contribution in [0.4, 0.5) is 5.82 Å². The van der Waals surface area contributed by atoms with Gasteiger partial charge in [-0.1, -0.05) is 11.6 Å². The van der Waals surface area contributed by atoms with Crippen LogP contribution in [0.2, 0.25) is 5.15 Å². The van der Waals surface area contributed by atoms with Gasteiger partial charge in [-0.15, -0.1) is 0 Å². The summed E-state index contributed by atoms with van der Waals surface area (Å²) in [5.41, 5.74) is 2.86. The number of aryl methyl sites for hydroxylation is 1. The van der Waals surface area contributed by atoms with Crippen LogP contribution in [-0.2, 0) is 19.3 Å². The topological polar surface area (TPSA) is 101 Å². The summed E-state index contributed by atoms with van der Waals surface area (Å²) < 4.78 is 30.6. The molecule has 1 N–H and O–H groups in total. The zero-order valence-corrected chi connectivity index (χ0v) is 19.9. The molecule has 0 amide bonds. The third-order valence-corrected chi connectivity index (χ3v) is 9.42. The lowest BCUT2D eigenvalue weighted by Crippen LogP contribution is -2.44. The molecule has 10 heteroatoms. The number of halogens is 1. The van der Waals surface area contributed by atoms with E-state index in [0.29, 0.717) is 60.7 Å². The van der Waals surface area contributed by atoms with E-state index in [9.17, 15) is 8.42 Å². The number of nitrogens with one attached hydrogen (secondary N) is 1. The first-order valence-corrected chi connectivity index (χ1v) is 12.8. The van der Waals surface area contributed by atoms with Crippen molar-refractivity contribution in [3.8, 4) is 11.4 Å². The summed E-state index contributed by atoms with van der Waals surface area (Å²) in [6.07, 6.45) is 1.17. The van der Waals surface area contributed by atoms with E-state index in [1.807, 2.05) is 19.1 Å². The Hall–Kier alpha value is -2.23. The molecule has 0 aliphatic carbocycles. The monoisotopic (exact) mass is 475 g/mol. The van der Waals surface area contributed by atoms with Gasteiger partial charge in [-0.05, 0) is 45.7 Å². The molecule has 2 aliphatic rings. The summed E-state index contributed by atoms with van der Waals surface area (Å²) in [7, 11) is -3.32. The largest absolute Gasteiger partial charge is 0.377 e. The number of aromatic amines is 1. The van der Waals surface area contributed by atoms with E-state index in [1.54, 1.807) is 13.0 Å². The molecular weight excluding hydrogens is 450 g/mol. The second kappa shape index (κ2) is 7.67. The maximum atomic E-state index is 13.0. The fourth-order valence-corrected chi connectivity index (χ4v) is 6.74. The van der Waals surface area contributed by atoms with Gasteiger partial charge in [-0.3, -0.25) is 0 Å². The highest BCUT2D eigenvalue weighted by Crippen LogP contribution is 2.42. The molecule has 0 aromatic carbocycles. The van der Waals surface area contributed by atoms with E-state index in [0.717, 1.165) is 16.6 Å². The van der Waals surface area contributed by atoms with Crippen LogP contribution in [0.5, 0.6) is 0 Å². The lowest BCUT2D eigenvalue weighted by molar-refractivity contribution is 0.0985. The maximum Gasteiger partial charge on any atom is 0.162 e. The van der Waals surface area contributed by atoms with E-state index < -0.39 is 14.6 Å². The number of H-pyrrole nitrogens is 1. The number of anilines is 1. The fraction of sp³-hybridized carbons (Fsp3) is 0.500. The Morgan fingerprint density at radius 3 is 2.78 bits per heavy atom. The van der Waals surface area contributed by atoms with Crippen molar-refractivity contribution in [2.24, 2.45) is 0 Å². The quantitative estimate of drug-likeness (QED) is 0.577. The number of nitrogens with zero attached hydrogens (tertiary/aromatic N) is 4. The van der Waals surface area contributed by atoms with Crippen LogP contribution in [0.15, 0.2) is 18.2 Å². The van der Waals surface area contributed by atoms with Gasteiger partial charge < -0.3 is 14.6 Å². The molecule has 170 valence electrons. The molecule has 3 aromatic heterocycles. The number of fused-ring (bicyclic) bond motifs is 1. The summed E-state index contributed by atoms with van der Waals surface area (Å²) in [5, 5.41) is 1.17. The smallest absolute Gasteiger partial charge is 0.162 e. The molecule has 0 bridgehead atoms. The Kier molecular flexibility index (Phi) is 5.18. The molecule has 2 aliphatic heterocycles. The fourth-order valence-electron chi connectivity index (χ4n) is 4.70. The Morgan fingerprint density at radius 1 is 1.25 bits per heavy atom. The molecule has 0 saturated carbocycles.